The van der Waals surface area contributed by atoms with Gasteiger partial charge < -0.3 is 20.5 Å². The molecule has 0 unspecified atom stereocenters. The molecular formula is C13H20N2O3. The van der Waals surface area contributed by atoms with Crippen molar-refractivity contribution in [2.45, 2.75) is 6.42 Å². The van der Waals surface area contributed by atoms with Gasteiger partial charge in [-0.2, -0.15) is 0 Å². The van der Waals surface area contributed by atoms with Crippen LogP contribution in [0.25, 0.3) is 0 Å². The maximum absolute atomic E-state index is 11.5. The zero-order valence-corrected chi connectivity index (χ0v) is 10.4. The fraction of sp³-hybridized carbons (Fsp3) is 0.462. The van der Waals surface area contributed by atoms with Gasteiger partial charge >= 0.3 is 0 Å². The van der Waals surface area contributed by atoms with Crippen LogP contribution >= 0.6 is 0 Å². The first-order chi connectivity index (χ1) is 8.83. The lowest BCUT2D eigenvalue weighted by molar-refractivity contribution is -0.115. The molecule has 0 spiro atoms. The number of rotatable bonds is 9. The van der Waals surface area contributed by atoms with Crippen LogP contribution in [0.2, 0.25) is 0 Å². The standard InChI is InChI=1S/C13H20N2O3/c16-8-10-18-9-4-7-14-11-13(17)15-12-5-2-1-3-6-12/h1-3,5-6,14,16H,4,7-11H2,(H,15,17). The highest BCUT2D eigenvalue weighted by molar-refractivity contribution is 5.92. The molecule has 0 atom stereocenters. The third kappa shape index (κ3) is 7.01. The van der Waals surface area contributed by atoms with Crippen molar-refractivity contribution in [1.82, 2.24) is 5.32 Å². The number of benzene rings is 1. The van der Waals surface area contributed by atoms with Gasteiger partial charge in [-0.1, -0.05) is 18.2 Å². The molecule has 100 valence electrons. The van der Waals surface area contributed by atoms with Crippen molar-refractivity contribution in [1.29, 1.82) is 0 Å². The van der Waals surface area contributed by atoms with Crippen LogP contribution in [-0.2, 0) is 9.53 Å². The molecule has 0 radical (unpaired) electrons. The molecule has 5 nitrogen and oxygen atoms in total. The topological polar surface area (TPSA) is 70.6 Å². The average molecular weight is 252 g/mol. The van der Waals surface area contributed by atoms with Crippen LogP contribution in [0, 0.1) is 0 Å². The summed E-state index contributed by atoms with van der Waals surface area (Å²) in [7, 11) is 0. The van der Waals surface area contributed by atoms with E-state index in [4.69, 9.17) is 9.84 Å². The Kier molecular flexibility index (Phi) is 7.79. The maximum atomic E-state index is 11.5. The molecule has 18 heavy (non-hydrogen) atoms. The normalized spacial score (nSPS) is 10.3. The van der Waals surface area contributed by atoms with Crippen molar-refractivity contribution in [3.8, 4) is 0 Å². The second-order valence-corrected chi connectivity index (χ2v) is 3.78. The predicted molar refractivity (Wildman–Crippen MR) is 70.5 cm³/mol. The molecule has 0 heterocycles. The Labute approximate surface area is 107 Å². The van der Waals surface area contributed by atoms with Gasteiger partial charge in [-0.15, -0.1) is 0 Å². The highest BCUT2D eigenvalue weighted by Crippen LogP contribution is 2.03. The molecule has 1 aromatic rings. The van der Waals surface area contributed by atoms with Crippen molar-refractivity contribution in [3.05, 3.63) is 30.3 Å². The smallest absolute Gasteiger partial charge is 0.238 e. The number of para-hydroxylation sites is 1. The van der Waals surface area contributed by atoms with Crippen LogP contribution in [0.5, 0.6) is 0 Å². The van der Waals surface area contributed by atoms with Crippen molar-refractivity contribution < 1.29 is 14.6 Å². The number of hydrogen-bond donors (Lipinski definition) is 3. The van der Waals surface area contributed by atoms with E-state index >= 15 is 0 Å². The van der Waals surface area contributed by atoms with Gasteiger partial charge in [-0.05, 0) is 25.1 Å². The van der Waals surface area contributed by atoms with E-state index in [0.29, 0.717) is 19.8 Å². The summed E-state index contributed by atoms with van der Waals surface area (Å²) < 4.78 is 5.09. The average Bonchev–Trinajstić information content (AvgIpc) is 2.39. The first-order valence-electron chi connectivity index (χ1n) is 6.07. The summed E-state index contributed by atoms with van der Waals surface area (Å²) in [6.45, 7) is 2.01. The monoisotopic (exact) mass is 252 g/mol. The Morgan fingerprint density at radius 2 is 2.00 bits per heavy atom. The molecule has 1 amide bonds. The molecule has 3 N–H and O–H groups in total. The van der Waals surface area contributed by atoms with Crippen molar-refractivity contribution in [2.75, 3.05) is 38.2 Å². The van der Waals surface area contributed by atoms with E-state index in [0.717, 1.165) is 12.1 Å². The lowest BCUT2D eigenvalue weighted by Crippen LogP contribution is -2.29. The number of carbonyl (C=O) groups excluding carboxylic acids is 1. The van der Waals surface area contributed by atoms with Gasteiger partial charge in [0, 0.05) is 12.3 Å². The zero-order chi connectivity index (χ0) is 13.1. The third-order valence-electron chi connectivity index (χ3n) is 2.22. The minimum Gasteiger partial charge on any atom is -0.394 e. The van der Waals surface area contributed by atoms with E-state index in [1.54, 1.807) is 0 Å². The van der Waals surface area contributed by atoms with Gasteiger partial charge in [0.2, 0.25) is 5.91 Å². The van der Waals surface area contributed by atoms with Gasteiger partial charge in [-0.3, -0.25) is 4.79 Å². The Bertz CT molecular complexity index is 330. The van der Waals surface area contributed by atoms with Crippen molar-refractivity contribution in [2.24, 2.45) is 0 Å². The number of hydrogen-bond acceptors (Lipinski definition) is 4. The first kappa shape index (κ1) is 14.6. The van der Waals surface area contributed by atoms with Gasteiger partial charge in [0.05, 0.1) is 19.8 Å². The number of ether oxygens (including phenoxy) is 1. The fourth-order valence-corrected chi connectivity index (χ4v) is 1.39. The van der Waals surface area contributed by atoms with Crippen molar-refractivity contribution >= 4 is 11.6 Å². The van der Waals surface area contributed by atoms with Crippen LogP contribution in [0.15, 0.2) is 30.3 Å². The van der Waals surface area contributed by atoms with E-state index in [9.17, 15) is 4.79 Å². The second-order valence-electron chi connectivity index (χ2n) is 3.78. The van der Waals surface area contributed by atoms with Gasteiger partial charge in [0.15, 0.2) is 0 Å². The van der Waals surface area contributed by atoms with Crippen LogP contribution in [0.4, 0.5) is 5.69 Å². The highest BCUT2D eigenvalue weighted by atomic mass is 16.5. The molecule has 0 aromatic heterocycles. The molecular weight excluding hydrogens is 232 g/mol. The summed E-state index contributed by atoms with van der Waals surface area (Å²) in [6, 6.07) is 9.35. The number of aliphatic hydroxyl groups excluding tert-OH is 1. The first-order valence-corrected chi connectivity index (χ1v) is 6.07. The Morgan fingerprint density at radius 3 is 2.72 bits per heavy atom. The van der Waals surface area contributed by atoms with E-state index in [1.807, 2.05) is 30.3 Å². The van der Waals surface area contributed by atoms with Crippen LogP contribution in [-0.4, -0.2) is 43.9 Å². The highest BCUT2D eigenvalue weighted by Gasteiger charge is 2.00. The Balaban J connectivity index is 2.00. The molecule has 0 bridgehead atoms. The molecule has 0 fully saturated rings. The Morgan fingerprint density at radius 1 is 1.22 bits per heavy atom. The lowest BCUT2D eigenvalue weighted by Gasteiger charge is -2.06. The third-order valence-corrected chi connectivity index (χ3v) is 2.22. The minimum absolute atomic E-state index is 0.0485. The fourth-order valence-electron chi connectivity index (χ4n) is 1.39. The summed E-state index contributed by atoms with van der Waals surface area (Å²) >= 11 is 0. The van der Waals surface area contributed by atoms with Crippen LogP contribution in [0.1, 0.15) is 6.42 Å². The maximum Gasteiger partial charge on any atom is 0.238 e. The number of anilines is 1. The second kappa shape index (κ2) is 9.58. The molecule has 1 aromatic carbocycles. The molecule has 0 saturated heterocycles. The van der Waals surface area contributed by atoms with Crippen molar-refractivity contribution in [3.63, 3.8) is 0 Å². The summed E-state index contributed by atoms with van der Waals surface area (Å²) in [6.07, 6.45) is 0.818. The van der Waals surface area contributed by atoms with E-state index in [-0.39, 0.29) is 19.1 Å². The van der Waals surface area contributed by atoms with E-state index in [1.165, 1.54) is 0 Å². The number of aliphatic hydroxyl groups is 1. The predicted octanol–water partition coefficient (Wildman–Crippen LogP) is 0.614. The summed E-state index contributed by atoms with van der Waals surface area (Å²) in [5.74, 6) is -0.0579. The number of nitrogens with one attached hydrogen (secondary N) is 2. The SMILES string of the molecule is O=C(CNCCCOCCO)Nc1ccccc1. The molecule has 5 heteroatoms. The molecule has 0 aliphatic rings. The summed E-state index contributed by atoms with van der Waals surface area (Å²) in [5.41, 5.74) is 0.801. The summed E-state index contributed by atoms with van der Waals surface area (Å²) in [4.78, 5) is 11.5. The minimum atomic E-state index is -0.0579. The van der Waals surface area contributed by atoms with E-state index < -0.39 is 0 Å². The number of amides is 1. The largest absolute Gasteiger partial charge is 0.394 e. The van der Waals surface area contributed by atoms with Crippen LogP contribution < -0.4 is 10.6 Å². The molecule has 0 saturated carbocycles. The lowest BCUT2D eigenvalue weighted by atomic mass is 10.3. The molecule has 0 aliphatic carbocycles. The van der Waals surface area contributed by atoms with E-state index in [2.05, 4.69) is 10.6 Å². The Hall–Kier alpha value is -1.43. The van der Waals surface area contributed by atoms with Gasteiger partial charge in [0.1, 0.15) is 0 Å². The number of carbonyl (C=O) groups is 1. The quantitative estimate of drug-likeness (QED) is 0.563. The van der Waals surface area contributed by atoms with Gasteiger partial charge in [0.25, 0.3) is 0 Å². The molecule has 1 rings (SSSR count). The van der Waals surface area contributed by atoms with Gasteiger partial charge in [-0.25, -0.2) is 0 Å². The summed E-state index contributed by atoms with van der Waals surface area (Å²) in [5, 5.41) is 14.3. The zero-order valence-electron chi connectivity index (χ0n) is 10.4. The molecule has 0 aliphatic heterocycles. The van der Waals surface area contributed by atoms with Crippen LogP contribution in [0.3, 0.4) is 0 Å².